The topological polar surface area (TPSA) is 74.7 Å². The van der Waals surface area contributed by atoms with E-state index in [1.165, 1.54) is 39.9 Å². The number of sulfonamides is 1. The van der Waals surface area contributed by atoms with Crippen molar-refractivity contribution in [1.82, 2.24) is 4.31 Å². The molecular formula is C14H15NO4S2. The van der Waals surface area contributed by atoms with E-state index in [2.05, 4.69) is 0 Å². The Balaban J connectivity index is 2.28. The van der Waals surface area contributed by atoms with Crippen molar-refractivity contribution in [2.75, 3.05) is 6.54 Å². The fourth-order valence-corrected chi connectivity index (χ4v) is 4.09. The van der Waals surface area contributed by atoms with Gasteiger partial charge in [0.15, 0.2) is 0 Å². The van der Waals surface area contributed by atoms with Crippen molar-refractivity contribution in [2.45, 2.75) is 18.4 Å². The summed E-state index contributed by atoms with van der Waals surface area (Å²) in [6.45, 7) is 2.44. The minimum absolute atomic E-state index is 0.0651. The molecule has 0 aliphatic carbocycles. The Morgan fingerprint density at radius 3 is 2.38 bits per heavy atom. The standard InChI is InChI=1S/C14H15NO4S2/c1-2-15(10-12-4-3-9-20-12)21(18,19)13-7-5-11(6-8-13)14(16)17/h3-9H,2,10H2,1H3,(H,16,17). The van der Waals surface area contributed by atoms with Crippen LogP contribution in [0.2, 0.25) is 0 Å². The maximum Gasteiger partial charge on any atom is 0.335 e. The summed E-state index contributed by atoms with van der Waals surface area (Å²) in [7, 11) is -3.62. The molecule has 0 saturated heterocycles. The van der Waals surface area contributed by atoms with E-state index in [0.717, 1.165) is 4.88 Å². The molecule has 21 heavy (non-hydrogen) atoms. The number of nitrogens with zero attached hydrogens (tertiary/aromatic N) is 1. The van der Waals surface area contributed by atoms with Crippen LogP contribution in [0, 0.1) is 0 Å². The maximum absolute atomic E-state index is 12.6. The summed E-state index contributed by atoms with van der Waals surface area (Å²) in [5.74, 6) is -1.08. The Bertz CT molecular complexity index is 706. The molecule has 0 aliphatic rings. The van der Waals surface area contributed by atoms with Crippen molar-refractivity contribution in [2.24, 2.45) is 0 Å². The highest BCUT2D eigenvalue weighted by molar-refractivity contribution is 7.89. The predicted molar refractivity (Wildman–Crippen MR) is 81.0 cm³/mol. The van der Waals surface area contributed by atoms with Gasteiger partial charge in [0, 0.05) is 18.0 Å². The third-order valence-corrected chi connectivity index (χ3v) is 5.80. The Kier molecular flexibility index (Phi) is 4.76. The monoisotopic (exact) mass is 325 g/mol. The number of carbonyl (C=O) groups is 1. The van der Waals surface area contributed by atoms with Crippen LogP contribution in [0.3, 0.4) is 0 Å². The summed E-state index contributed by atoms with van der Waals surface area (Å²) in [6, 6.07) is 9.02. The zero-order chi connectivity index (χ0) is 15.5. The van der Waals surface area contributed by atoms with Crippen LogP contribution in [0.1, 0.15) is 22.2 Å². The third kappa shape index (κ3) is 3.49. The summed E-state index contributed by atoms with van der Waals surface area (Å²) in [5, 5.41) is 10.7. The lowest BCUT2D eigenvalue weighted by atomic mass is 10.2. The molecule has 0 aliphatic heterocycles. The van der Waals surface area contributed by atoms with Gasteiger partial charge in [0.25, 0.3) is 0 Å². The van der Waals surface area contributed by atoms with Gasteiger partial charge in [-0.25, -0.2) is 13.2 Å². The summed E-state index contributed by atoms with van der Waals surface area (Å²) >= 11 is 1.50. The van der Waals surface area contributed by atoms with Gasteiger partial charge in [0.1, 0.15) is 0 Å². The molecule has 1 aromatic heterocycles. The molecule has 5 nitrogen and oxygen atoms in total. The van der Waals surface area contributed by atoms with E-state index >= 15 is 0 Å². The highest BCUT2D eigenvalue weighted by Gasteiger charge is 2.23. The summed E-state index contributed by atoms with van der Waals surface area (Å²) in [6.07, 6.45) is 0. The van der Waals surface area contributed by atoms with E-state index in [-0.39, 0.29) is 10.5 Å². The number of carboxylic acids is 1. The molecule has 0 spiro atoms. The van der Waals surface area contributed by atoms with Crippen LogP contribution in [0.4, 0.5) is 0 Å². The van der Waals surface area contributed by atoms with Crippen molar-refractivity contribution in [1.29, 1.82) is 0 Å². The first-order valence-electron chi connectivity index (χ1n) is 6.31. The first kappa shape index (κ1) is 15.7. The molecule has 0 saturated carbocycles. The zero-order valence-electron chi connectivity index (χ0n) is 11.4. The van der Waals surface area contributed by atoms with Crippen molar-refractivity contribution in [3.05, 3.63) is 52.2 Å². The molecule has 112 valence electrons. The minimum Gasteiger partial charge on any atom is -0.478 e. The largest absolute Gasteiger partial charge is 0.478 e. The van der Waals surface area contributed by atoms with Gasteiger partial charge >= 0.3 is 5.97 Å². The second-order valence-corrected chi connectivity index (χ2v) is 7.31. The Hall–Kier alpha value is -1.70. The van der Waals surface area contributed by atoms with E-state index < -0.39 is 16.0 Å². The number of hydrogen-bond acceptors (Lipinski definition) is 4. The van der Waals surface area contributed by atoms with Crippen LogP contribution in [0.15, 0.2) is 46.7 Å². The predicted octanol–water partition coefficient (Wildman–Crippen LogP) is 2.66. The molecule has 0 unspecified atom stereocenters. The quantitative estimate of drug-likeness (QED) is 0.886. The average Bonchev–Trinajstić information content (AvgIpc) is 2.97. The fourth-order valence-electron chi connectivity index (χ4n) is 1.86. The molecule has 1 aromatic carbocycles. The van der Waals surface area contributed by atoms with Crippen LogP contribution in [-0.2, 0) is 16.6 Å². The van der Waals surface area contributed by atoms with Crippen molar-refractivity contribution >= 4 is 27.3 Å². The molecular weight excluding hydrogens is 310 g/mol. The van der Waals surface area contributed by atoms with Gasteiger partial charge in [0.2, 0.25) is 10.0 Å². The number of carboxylic acid groups (broad SMARTS) is 1. The Morgan fingerprint density at radius 1 is 1.24 bits per heavy atom. The minimum atomic E-state index is -3.62. The van der Waals surface area contributed by atoms with Crippen molar-refractivity contribution in [3.63, 3.8) is 0 Å². The number of thiophene rings is 1. The van der Waals surface area contributed by atoms with E-state index in [9.17, 15) is 13.2 Å². The summed E-state index contributed by atoms with van der Waals surface area (Å²) in [5.41, 5.74) is 0.0651. The lowest BCUT2D eigenvalue weighted by Gasteiger charge is -2.19. The van der Waals surface area contributed by atoms with Gasteiger partial charge in [-0.2, -0.15) is 4.31 Å². The van der Waals surface area contributed by atoms with Gasteiger partial charge < -0.3 is 5.11 Å². The summed E-state index contributed by atoms with van der Waals surface area (Å²) < 4.78 is 26.5. The van der Waals surface area contributed by atoms with Gasteiger partial charge in [-0.05, 0) is 35.7 Å². The second-order valence-electron chi connectivity index (χ2n) is 4.34. The SMILES string of the molecule is CCN(Cc1cccs1)S(=O)(=O)c1ccc(C(=O)O)cc1. The average molecular weight is 325 g/mol. The van der Waals surface area contributed by atoms with Crippen LogP contribution in [-0.4, -0.2) is 30.3 Å². The maximum atomic E-state index is 12.6. The van der Waals surface area contributed by atoms with Crippen molar-refractivity contribution in [3.8, 4) is 0 Å². The van der Waals surface area contributed by atoms with E-state index in [0.29, 0.717) is 13.1 Å². The Labute approximate surface area is 127 Å². The number of hydrogen-bond donors (Lipinski definition) is 1. The first-order valence-corrected chi connectivity index (χ1v) is 8.63. The van der Waals surface area contributed by atoms with Crippen LogP contribution >= 0.6 is 11.3 Å². The van der Waals surface area contributed by atoms with E-state index in [1.54, 1.807) is 6.92 Å². The Morgan fingerprint density at radius 2 is 1.90 bits per heavy atom. The molecule has 0 radical (unpaired) electrons. The van der Waals surface area contributed by atoms with Gasteiger partial charge in [-0.15, -0.1) is 11.3 Å². The number of rotatable bonds is 6. The molecule has 0 bridgehead atoms. The normalized spacial score (nSPS) is 11.7. The third-order valence-electron chi connectivity index (χ3n) is 3.00. The number of aromatic carboxylic acids is 1. The fraction of sp³-hybridized carbons (Fsp3) is 0.214. The van der Waals surface area contributed by atoms with E-state index in [1.807, 2.05) is 17.5 Å². The lowest BCUT2D eigenvalue weighted by Crippen LogP contribution is -2.30. The lowest BCUT2D eigenvalue weighted by molar-refractivity contribution is 0.0696. The van der Waals surface area contributed by atoms with Gasteiger partial charge in [-0.1, -0.05) is 13.0 Å². The first-order chi connectivity index (χ1) is 9.95. The second kappa shape index (κ2) is 6.38. The molecule has 2 aromatic rings. The van der Waals surface area contributed by atoms with Crippen LogP contribution in [0.5, 0.6) is 0 Å². The van der Waals surface area contributed by atoms with Crippen LogP contribution in [0.25, 0.3) is 0 Å². The highest BCUT2D eigenvalue weighted by Crippen LogP contribution is 2.20. The van der Waals surface area contributed by atoms with E-state index in [4.69, 9.17) is 5.11 Å². The van der Waals surface area contributed by atoms with Crippen LogP contribution < -0.4 is 0 Å². The molecule has 2 rings (SSSR count). The molecule has 7 heteroatoms. The smallest absolute Gasteiger partial charge is 0.335 e. The number of benzene rings is 1. The van der Waals surface area contributed by atoms with Crippen molar-refractivity contribution < 1.29 is 18.3 Å². The molecule has 1 N–H and O–H groups in total. The molecule has 0 atom stereocenters. The highest BCUT2D eigenvalue weighted by atomic mass is 32.2. The van der Waals surface area contributed by atoms with Gasteiger partial charge in [-0.3, -0.25) is 0 Å². The van der Waals surface area contributed by atoms with Gasteiger partial charge in [0.05, 0.1) is 10.5 Å². The summed E-state index contributed by atoms with van der Waals surface area (Å²) in [4.78, 5) is 11.9. The zero-order valence-corrected chi connectivity index (χ0v) is 13.0. The molecule has 0 amide bonds. The molecule has 0 fully saturated rings. The molecule has 1 heterocycles.